The van der Waals surface area contributed by atoms with Gasteiger partial charge >= 0.3 is 23.9 Å². The summed E-state index contributed by atoms with van der Waals surface area (Å²) in [6, 6.07) is 57.9. The summed E-state index contributed by atoms with van der Waals surface area (Å²) in [5.41, 5.74) is 13.0. The number of hydrogen-bond donors (Lipinski definition) is 1. The van der Waals surface area contributed by atoms with E-state index in [2.05, 4.69) is 10.0 Å². The summed E-state index contributed by atoms with van der Waals surface area (Å²) in [6.45, 7) is 0.0614. The Bertz CT molecular complexity index is 3070. The van der Waals surface area contributed by atoms with Crippen LogP contribution in [-0.4, -0.2) is 103 Å². The normalized spacial score (nSPS) is 23.6. The van der Waals surface area contributed by atoms with Crippen LogP contribution in [0.4, 0.5) is 0 Å². The van der Waals surface area contributed by atoms with Crippen LogP contribution in [0.15, 0.2) is 217 Å². The minimum absolute atomic E-state index is 0.00861. The molecule has 7 aromatic rings. The van der Waals surface area contributed by atoms with Crippen LogP contribution >= 0.6 is 0 Å². The number of benzene rings is 7. The van der Waals surface area contributed by atoms with E-state index < -0.39 is 91.1 Å². The van der Waals surface area contributed by atoms with Gasteiger partial charge < -0.3 is 47.7 Å². The molecule has 1 aliphatic heterocycles. The first-order valence-electron chi connectivity index (χ1n) is 25.2. The van der Waals surface area contributed by atoms with E-state index >= 15 is 0 Å². The van der Waals surface area contributed by atoms with Gasteiger partial charge in [0.15, 0.2) is 30.7 Å². The zero-order valence-corrected chi connectivity index (χ0v) is 42.0. The van der Waals surface area contributed by atoms with Gasteiger partial charge in [0.25, 0.3) is 0 Å². The molecule has 1 saturated carbocycles. The number of ether oxygens (including phenoxy) is 9. The number of azide groups is 1. The monoisotopic (exact) mass is 1050 g/mol. The number of aliphatic hydroxyl groups excluding tert-OH is 1. The smallest absolute Gasteiger partial charge is 0.338 e. The summed E-state index contributed by atoms with van der Waals surface area (Å²) in [6.07, 6.45) is -16.7. The lowest BCUT2D eigenvalue weighted by Gasteiger charge is -2.50. The number of esters is 4. The lowest BCUT2D eigenvalue weighted by Crippen LogP contribution is -2.70. The summed E-state index contributed by atoms with van der Waals surface area (Å²) in [5, 5.41) is 17.2. The van der Waals surface area contributed by atoms with E-state index in [0.717, 1.165) is 16.7 Å². The van der Waals surface area contributed by atoms with Gasteiger partial charge in [-0.1, -0.05) is 169 Å². The number of carbonyl (C=O) groups excluding carboxylic acids is 4. The Hall–Kier alpha value is -8.51. The molecule has 1 N–H and O–H groups in total. The van der Waals surface area contributed by atoms with Crippen molar-refractivity contribution in [3.8, 4) is 0 Å². The number of nitrogens with zero attached hydrogens (tertiary/aromatic N) is 3. The third kappa shape index (κ3) is 13.9. The van der Waals surface area contributed by atoms with Crippen molar-refractivity contribution in [2.24, 2.45) is 5.11 Å². The Labute approximate surface area is 449 Å². The highest BCUT2D eigenvalue weighted by Crippen LogP contribution is 2.38. The summed E-state index contributed by atoms with van der Waals surface area (Å²) >= 11 is 0. The van der Waals surface area contributed by atoms with Gasteiger partial charge in [0.2, 0.25) is 0 Å². The molecule has 2 aliphatic rings. The third-order valence-corrected chi connectivity index (χ3v) is 13.0. The quantitative estimate of drug-likeness (QED) is 0.0233. The molecule has 0 unspecified atom stereocenters. The zero-order chi connectivity index (χ0) is 54.1. The second-order valence-electron chi connectivity index (χ2n) is 18.3. The van der Waals surface area contributed by atoms with Crippen molar-refractivity contribution in [1.29, 1.82) is 0 Å². The minimum atomic E-state index is -2.11. The van der Waals surface area contributed by atoms with Crippen molar-refractivity contribution in [1.82, 2.24) is 0 Å². The van der Waals surface area contributed by atoms with E-state index in [1.54, 1.807) is 72.8 Å². The predicted octanol–water partition coefficient (Wildman–Crippen LogP) is 9.44. The van der Waals surface area contributed by atoms with Crippen LogP contribution in [0.5, 0.6) is 0 Å². The molecule has 78 heavy (non-hydrogen) atoms. The van der Waals surface area contributed by atoms with Gasteiger partial charge in [-0.15, -0.1) is 0 Å². The zero-order valence-electron chi connectivity index (χ0n) is 42.0. The molecule has 0 radical (unpaired) electrons. The molecular formula is C61H55N3O14. The first kappa shape index (κ1) is 54.3. The van der Waals surface area contributed by atoms with Gasteiger partial charge in [0, 0.05) is 4.91 Å². The molecule has 0 spiro atoms. The van der Waals surface area contributed by atoms with Crippen LogP contribution in [0.25, 0.3) is 10.4 Å². The highest BCUT2D eigenvalue weighted by atomic mass is 16.7. The van der Waals surface area contributed by atoms with E-state index in [1.165, 1.54) is 48.5 Å². The molecule has 1 saturated heterocycles. The van der Waals surface area contributed by atoms with Crippen LogP contribution in [-0.2, 0) is 62.5 Å². The number of hydrogen-bond acceptors (Lipinski definition) is 15. The van der Waals surface area contributed by atoms with Gasteiger partial charge in [0.05, 0.1) is 48.7 Å². The molecule has 398 valence electrons. The summed E-state index contributed by atoms with van der Waals surface area (Å²) in [7, 11) is 0. The molecule has 11 atom stereocenters. The number of carbonyl (C=O) groups is 4. The SMILES string of the molecule is [N-]=[N+]=N[C@H]1[C@@H](O[C@H]2[C@H](O)[C@H](OC(=O)c3ccccc3)[C@@H](OC(=O)c3ccccc3)[C@@H](OC(=O)c3ccccc3)[C@@H]2OC(=O)c2ccccc2)O[C@H](COCc2ccccc2)[C@@H](OCc2ccccc2)[C@@H]1OCc1ccccc1. The average molecular weight is 1050 g/mol. The van der Waals surface area contributed by atoms with Gasteiger partial charge in [-0.05, 0) is 70.8 Å². The van der Waals surface area contributed by atoms with Crippen molar-refractivity contribution in [2.45, 2.75) is 87.1 Å². The van der Waals surface area contributed by atoms with Crippen molar-refractivity contribution in [3.63, 3.8) is 0 Å². The molecule has 0 amide bonds. The van der Waals surface area contributed by atoms with Crippen LogP contribution in [0, 0.1) is 0 Å². The molecule has 17 nitrogen and oxygen atoms in total. The third-order valence-electron chi connectivity index (χ3n) is 13.0. The minimum Gasteiger partial charge on any atom is -0.452 e. The van der Waals surface area contributed by atoms with Gasteiger partial charge in [0.1, 0.15) is 36.6 Å². The standard InChI is InChI=1S/C61H55N3O14/c62-64-63-48-51(72-38-42-26-12-3-13-27-42)50(71-37-41-24-10-2-11-25-41)47(39-70-36-40-22-8-1-9-23-40)73-61(48)78-53-49(65)52(74-57(66)43-28-14-4-15-29-43)54(75-58(67)44-30-16-5-17-31-44)56(77-60(69)46-34-20-7-21-35-46)55(53)76-59(68)45-32-18-6-19-33-45/h1-35,47-56,61,65H,36-39H2/t47-,48-,49-,50-,51-,52+,53+,54-,55-,56-,61-/m1/s1. The largest absolute Gasteiger partial charge is 0.452 e. The predicted molar refractivity (Wildman–Crippen MR) is 281 cm³/mol. The van der Waals surface area contributed by atoms with Crippen molar-refractivity contribution in [3.05, 3.63) is 262 Å². The maximum atomic E-state index is 14.5. The van der Waals surface area contributed by atoms with Crippen LogP contribution in [0.2, 0.25) is 0 Å². The van der Waals surface area contributed by atoms with Crippen LogP contribution in [0.1, 0.15) is 58.1 Å². The van der Waals surface area contributed by atoms with Gasteiger partial charge in [-0.25, -0.2) is 19.2 Å². The average Bonchev–Trinajstić information content (AvgIpc) is 3.50. The molecule has 1 aliphatic carbocycles. The first-order valence-corrected chi connectivity index (χ1v) is 25.2. The van der Waals surface area contributed by atoms with Crippen molar-refractivity contribution < 1.29 is 66.9 Å². The van der Waals surface area contributed by atoms with Crippen LogP contribution in [0.3, 0.4) is 0 Å². The molecule has 0 aromatic heterocycles. The highest BCUT2D eigenvalue weighted by molar-refractivity contribution is 5.92. The lowest BCUT2D eigenvalue weighted by molar-refractivity contribution is -0.325. The summed E-state index contributed by atoms with van der Waals surface area (Å²) < 4.78 is 58.4. The Morgan fingerprint density at radius 2 is 0.769 bits per heavy atom. The number of aliphatic hydroxyl groups is 1. The highest BCUT2D eigenvalue weighted by Gasteiger charge is 2.60. The Morgan fingerprint density at radius 1 is 0.436 bits per heavy atom. The van der Waals surface area contributed by atoms with Gasteiger partial charge in [-0.3, -0.25) is 0 Å². The Kier molecular flexibility index (Phi) is 18.8. The lowest BCUT2D eigenvalue weighted by atomic mass is 9.83. The number of rotatable bonds is 21. The van der Waals surface area contributed by atoms with Crippen molar-refractivity contribution in [2.75, 3.05) is 6.61 Å². The molecule has 2 fully saturated rings. The Balaban J connectivity index is 1.17. The van der Waals surface area contributed by atoms with Crippen molar-refractivity contribution >= 4 is 23.9 Å². The summed E-state index contributed by atoms with van der Waals surface area (Å²) in [4.78, 5) is 60.6. The second kappa shape index (κ2) is 27.0. The molecule has 9 rings (SSSR count). The van der Waals surface area contributed by atoms with E-state index in [1.807, 2.05) is 91.0 Å². The fourth-order valence-corrected chi connectivity index (χ4v) is 9.17. The van der Waals surface area contributed by atoms with E-state index in [4.69, 9.17) is 42.6 Å². The Morgan fingerprint density at radius 3 is 1.17 bits per heavy atom. The van der Waals surface area contributed by atoms with E-state index in [-0.39, 0.29) is 48.7 Å². The van der Waals surface area contributed by atoms with Gasteiger partial charge in [-0.2, -0.15) is 0 Å². The molecule has 1 heterocycles. The molecule has 0 bridgehead atoms. The maximum Gasteiger partial charge on any atom is 0.338 e. The second-order valence-corrected chi connectivity index (χ2v) is 18.3. The topological polar surface area (TPSA) is 220 Å². The molecule has 7 aromatic carbocycles. The first-order chi connectivity index (χ1) is 38.2. The van der Waals surface area contributed by atoms with E-state index in [9.17, 15) is 29.8 Å². The fraction of sp³-hybridized carbons (Fsp3) is 0.246. The molecular weight excluding hydrogens is 999 g/mol. The summed E-state index contributed by atoms with van der Waals surface area (Å²) in [5.74, 6) is -3.90. The fourth-order valence-electron chi connectivity index (χ4n) is 9.17. The van der Waals surface area contributed by atoms with Crippen LogP contribution < -0.4 is 0 Å². The maximum absolute atomic E-state index is 14.5. The van der Waals surface area contributed by atoms with E-state index in [0.29, 0.717) is 0 Å². The molecule has 17 heteroatoms.